The number of fused-ring (bicyclic) bond motifs is 3. The molecule has 0 saturated heterocycles. The van der Waals surface area contributed by atoms with E-state index in [4.69, 9.17) is 5.11 Å². The Bertz CT molecular complexity index is 603. The van der Waals surface area contributed by atoms with E-state index in [9.17, 15) is 9.18 Å². The molecule has 4 heteroatoms. The molecule has 1 aromatic heterocycles. The molecule has 0 spiro atoms. The molecule has 1 atom stereocenters. The first-order chi connectivity index (χ1) is 8.16. The molecular formula is C13H12FNO2. The summed E-state index contributed by atoms with van der Waals surface area (Å²) in [5.74, 6) is -1.45. The number of rotatable bonds is 1. The number of aliphatic carboxylic acids is 1. The fourth-order valence-corrected chi connectivity index (χ4v) is 2.64. The number of carboxylic acids is 1. The Morgan fingerprint density at radius 1 is 1.47 bits per heavy atom. The van der Waals surface area contributed by atoms with Gasteiger partial charge < -0.3 is 10.1 Å². The third-order valence-electron chi connectivity index (χ3n) is 3.51. The number of carbonyl (C=O) groups is 1. The molecule has 1 aromatic carbocycles. The molecule has 2 N–H and O–H groups in total. The van der Waals surface area contributed by atoms with E-state index in [1.54, 1.807) is 6.07 Å². The summed E-state index contributed by atoms with van der Waals surface area (Å²) in [4.78, 5) is 14.2. The molecule has 0 saturated carbocycles. The van der Waals surface area contributed by atoms with Crippen molar-refractivity contribution < 1.29 is 14.3 Å². The number of aromatic nitrogens is 1. The van der Waals surface area contributed by atoms with E-state index in [0.717, 1.165) is 16.8 Å². The third kappa shape index (κ3) is 1.52. The zero-order valence-corrected chi connectivity index (χ0v) is 9.16. The Kier molecular flexibility index (Phi) is 2.18. The normalized spacial score (nSPS) is 19.2. The van der Waals surface area contributed by atoms with E-state index in [-0.39, 0.29) is 11.7 Å². The van der Waals surface area contributed by atoms with Crippen LogP contribution in [0.5, 0.6) is 0 Å². The van der Waals surface area contributed by atoms with E-state index in [2.05, 4.69) is 4.98 Å². The smallest absolute Gasteiger partial charge is 0.306 e. The minimum atomic E-state index is -0.790. The highest BCUT2D eigenvalue weighted by Gasteiger charge is 2.27. The third-order valence-corrected chi connectivity index (χ3v) is 3.51. The molecule has 3 nitrogen and oxygen atoms in total. The van der Waals surface area contributed by atoms with Gasteiger partial charge in [0.1, 0.15) is 5.82 Å². The first-order valence-corrected chi connectivity index (χ1v) is 5.67. The molecule has 3 rings (SSSR count). The van der Waals surface area contributed by atoms with Gasteiger partial charge in [-0.3, -0.25) is 4.79 Å². The van der Waals surface area contributed by atoms with Gasteiger partial charge in [-0.2, -0.15) is 0 Å². The lowest BCUT2D eigenvalue weighted by atomic mass is 9.86. The quantitative estimate of drug-likeness (QED) is 0.795. The van der Waals surface area contributed by atoms with Gasteiger partial charge in [0.05, 0.1) is 5.92 Å². The van der Waals surface area contributed by atoms with Crippen molar-refractivity contribution in [2.45, 2.75) is 19.3 Å². The van der Waals surface area contributed by atoms with Gasteiger partial charge in [-0.25, -0.2) is 4.39 Å². The maximum absolute atomic E-state index is 13.8. The van der Waals surface area contributed by atoms with E-state index >= 15 is 0 Å². The predicted octanol–water partition coefficient (Wildman–Crippen LogP) is 2.50. The van der Waals surface area contributed by atoms with Crippen LogP contribution >= 0.6 is 0 Å². The summed E-state index contributed by atoms with van der Waals surface area (Å²) >= 11 is 0. The second kappa shape index (κ2) is 3.58. The van der Waals surface area contributed by atoms with Crippen LogP contribution in [0.25, 0.3) is 10.9 Å². The van der Waals surface area contributed by atoms with Crippen LogP contribution in [-0.4, -0.2) is 16.1 Å². The highest BCUT2D eigenvalue weighted by atomic mass is 19.1. The Morgan fingerprint density at radius 3 is 3.06 bits per heavy atom. The van der Waals surface area contributed by atoms with E-state index in [0.29, 0.717) is 24.6 Å². The average molecular weight is 233 g/mol. The molecule has 0 amide bonds. The summed E-state index contributed by atoms with van der Waals surface area (Å²) in [6.45, 7) is 0. The molecule has 0 fully saturated rings. The first-order valence-electron chi connectivity index (χ1n) is 5.67. The summed E-state index contributed by atoms with van der Waals surface area (Å²) in [7, 11) is 0. The van der Waals surface area contributed by atoms with Crippen LogP contribution < -0.4 is 0 Å². The fourth-order valence-electron chi connectivity index (χ4n) is 2.64. The summed E-state index contributed by atoms with van der Waals surface area (Å²) in [6.07, 6.45) is 1.72. The second-order valence-electron chi connectivity index (χ2n) is 4.52. The van der Waals surface area contributed by atoms with Crippen molar-refractivity contribution in [3.05, 3.63) is 35.3 Å². The van der Waals surface area contributed by atoms with Crippen molar-refractivity contribution in [1.82, 2.24) is 4.98 Å². The van der Waals surface area contributed by atoms with Crippen molar-refractivity contribution in [2.75, 3.05) is 0 Å². The lowest BCUT2D eigenvalue weighted by molar-refractivity contribution is -0.142. The molecule has 1 aliphatic rings. The van der Waals surface area contributed by atoms with Crippen LogP contribution in [-0.2, 0) is 17.6 Å². The molecule has 17 heavy (non-hydrogen) atoms. The Morgan fingerprint density at radius 2 is 2.29 bits per heavy atom. The number of H-pyrrole nitrogens is 1. The van der Waals surface area contributed by atoms with Gasteiger partial charge in [0, 0.05) is 16.6 Å². The van der Waals surface area contributed by atoms with Gasteiger partial charge in [-0.05, 0) is 37.0 Å². The number of aryl methyl sites for hydroxylation is 1. The number of benzene rings is 1. The highest BCUT2D eigenvalue weighted by molar-refractivity contribution is 5.86. The molecule has 1 heterocycles. The molecule has 0 bridgehead atoms. The molecular weight excluding hydrogens is 221 g/mol. The largest absolute Gasteiger partial charge is 0.481 e. The summed E-state index contributed by atoms with van der Waals surface area (Å²) in [5.41, 5.74) is 2.60. The predicted molar refractivity (Wildman–Crippen MR) is 61.4 cm³/mol. The topological polar surface area (TPSA) is 53.1 Å². The standard InChI is InChI=1S/C13H12FNO2/c14-9-2-1-3-11-12(9)8-6-7(13(16)17)4-5-10(8)15-11/h1-3,7,15H,4-6H2,(H,16,17). The van der Waals surface area contributed by atoms with Crippen LogP contribution in [0, 0.1) is 11.7 Å². The lowest BCUT2D eigenvalue weighted by Crippen LogP contribution is -2.21. The summed E-state index contributed by atoms with van der Waals surface area (Å²) in [6, 6.07) is 4.90. The van der Waals surface area contributed by atoms with Crippen molar-refractivity contribution in [3.63, 3.8) is 0 Å². The van der Waals surface area contributed by atoms with Crippen molar-refractivity contribution >= 4 is 16.9 Å². The molecule has 1 unspecified atom stereocenters. The average Bonchev–Trinajstić information content (AvgIpc) is 2.67. The first kappa shape index (κ1) is 10.3. The number of hydrogen-bond donors (Lipinski definition) is 2. The number of nitrogens with one attached hydrogen (secondary N) is 1. The number of carboxylic acid groups (broad SMARTS) is 1. The molecule has 0 radical (unpaired) electrons. The highest BCUT2D eigenvalue weighted by Crippen LogP contribution is 2.33. The maximum atomic E-state index is 13.8. The van der Waals surface area contributed by atoms with Gasteiger partial charge in [0.25, 0.3) is 0 Å². The number of hydrogen-bond acceptors (Lipinski definition) is 1. The SMILES string of the molecule is O=C(O)C1CCc2[nH]c3cccc(F)c3c2C1. The van der Waals surface area contributed by atoms with Crippen LogP contribution in [0.1, 0.15) is 17.7 Å². The zero-order chi connectivity index (χ0) is 12.0. The van der Waals surface area contributed by atoms with Gasteiger partial charge in [-0.1, -0.05) is 6.07 Å². The van der Waals surface area contributed by atoms with Crippen LogP contribution in [0.4, 0.5) is 4.39 Å². The van der Waals surface area contributed by atoms with Crippen LogP contribution in [0.2, 0.25) is 0 Å². The molecule has 2 aromatic rings. The van der Waals surface area contributed by atoms with Crippen molar-refractivity contribution in [2.24, 2.45) is 5.92 Å². The number of halogens is 1. The molecule has 0 aliphatic heterocycles. The summed E-state index contributed by atoms with van der Waals surface area (Å²) in [5, 5.41) is 9.60. The fraction of sp³-hybridized carbons (Fsp3) is 0.308. The summed E-state index contributed by atoms with van der Waals surface area (Å²) < 4.78 is 13.8. The van der Waals surface area contributed by atoms with E-state index in [1.165, 1.54) is 6.07 Å². The van der Waals surface area contributed by atoms with Crippen molar-refractivity contribution in [3.8, 4) is 0 Å². The maximum Gasteiger partial charge on any atom is 0.306 e. The minimum Gasteiger partial charge on any atom is -0.481 e. The second-order valence-corrected chi connectivity index (χ2v) is 4.52. The Balaban J connectivity index is 2.17. The zero-order valence-electron chi connectivity index (χ0n) is 9.16. The lowest BCUT2D eigenvalue weighted by Gasteiger charge is -2.18. The van der Waals surface area contributed by atoms with Gasteiger partial charge in [0.2, 0.25) is 0 Å². The number of aromatic amines is 1. The van der Waals surface area contributed by atoms with Gasteiger partial charge >= 0.3 is 5.97 Å². The van der Waals surface area contributed by atoms with Gasteiger partial charge in [-0.15, -0.1) is 0 Å². The molecule has 88 valence electrons. The van der Waals surface area contributed by atoms with E-state index in [1.807, 2.05) is 6.07 Å². The molecule has 1 aliphatic carbocycles. The Labute approximate surface area is 97.3 Å². The van der Waals surface area contributed by atoms with Gasteiger partial charge in [0.15, 0.2) is 0 Å². The minimum absolute atomic E-state index is 0.272. The van der Waals surface area contributed by atoms with E-state index < -0.39 is 5.97 Å². The van der Waals surface area contributed by atoms with Crippen LogP contribution in [0.15, 0.2) is 18.2 Å². The Hall–Kier alpha value is -1.84. The van der Waals surface area contributed by atoms with Crippen molar-refractivity contribution in [1.29, 1.82) is 0 Å². The monoisotopic (exact) mass is 233 g/mol. The van der Waals surface area contributed by atoms with Crippen LogP contribution in [0.3, 0.4) is 0 Å².